The predicted molar refractivity (Wildman–Crippen MR) is 95.9 cm³/mol. The maximum Gasteiger partial charge on any atom is 0.221 e. The molecule has 3 rings (SSSR count). The lowest BCUT2D eigenvalue weighted by atomic mass is 10.1. The second-order valence-electron chi connectivity index (χ2n) is 5.96. The third-order valence-electron chi connectivity index (χ3n) is 3.88. The maximum absolute atomic E-state index is 12.5. The molecule has 1 amide bonds. The Kier molecular flexibility index (Phi) is 4.75. The molecule has 0 radical (unpaired) electrons. The zero-order chi connectivity index (χ0) is 16.9. The molecule has 1 aliphatic rings. The molecule has 1 aliphatic carbocycles. The number of allylic oxidation sites excluding steroid dienone is 2. The summed E-state index contributed by atoms with van der Waals surface area (Å²) in [4.78, 5) is 23.8. The van der Waals surface area contributed by atoms with Crippen molar-refractivity contribution in [2.45, 2.75) is 19.8 Å². The van der Waals surface area contributed by atoms with Crippen molar-refractivity contribution in [3.8, 4) is 0 Å². The molecule has 2 N–H and O–H groups in total. The van der Waals surface area contributed by atoms with Gasteiger partial charge in [0.05, 0.1) is 11.4 Å². The highest BCUT2D eigenvalue weighted by molar-refractivity contribution is 6.05. The van der Waals surface area contributed by atoms with Crippen LogP contribution in [0, 0.1) is 5.92 Å². The molecular weight excluding hydrogens is 300 g/mol. The Morgan fingerprint density at radius 1 is 0.917 bits per heavy atom. The van der Waals surface area contributed by atoms with Crippen LogP contribution in [0.15, 0.2) is 66.4 Å². The molecule has 4 heteroatoms. The number of para-hydroxylation sites is 2. The van der Waals surface area contributed by atoms with Gasteiger partial charge in [0.15, 0.2) is 5.78 Å². The van der Waals surface area contributed by atoms with Gasteiger partial charge in [0.2, 0.25) is 5.91 Å². The number of hydrogen-bond donors (Lipinski definition) is 2. The molecule has 0 bridgehead atoms. The van der Waals surface area contributed by atoms with Gasteiger partial charge in [0.25, 0.3) is 0 Å². The minimum Gasteiger partial charge on any atom is -0.357 e. The number of amides is 1. The highest BCUT2D eigenvalue weighted by Crippen LogP contribution is 2.38. The van der Waals surface area contributed by atoms with Crippen LogP contribution >= 0.6 is 0 Å². The Labute approximate surface area is 141 Å². The topological polar surface area (TPSA) is 58.2 Å². The van der Waals surface area contributed by atoms with E-state index < -0.39 is 0 Å². The molecule has 2 aromatic rings. The predicted octanol–water partition coefficient (Wildman–Crippen LogP) is 4.23. The Balaban J connectivity index is 1.84. The summed E-state index contributed by atoms with van der Waals surface area (Å²) in [5.74, 6) is 0.242. The molecule has 0 spiro atoms. The average Bonchev–Trinajstić information content (AvgIpc) is 3.41. The monoisotopic (exact) mass is 320 g/mol. The molecule has 0 unspecified atom stereocenters. The molecule has 4 nitrogen and oxygen atoms in total. The van der Waals surface area contributed by atoms with Crippen molar-refractivity contribution in [2.75, 3.05) is 10.6 Å². The van der Waals surface area contributed by atoms with Gasteiger partial charge in [-0.15, -0.1) is 0 Å². The minimum absolute atomic E-state index is 0.0120. The summed E-state index contributed by atoms with van der Waals surface area (Å²) in [5, 5.41) is 6.15. The summed E-state index contributed by atoms with van der Waals surface area (Å²) in [6.45, 7) is 1.48. The van der Waals surface area contributed by atoms with Gasteiger partial charge >= 0.3 is 0 Å². The van der Waals surface area contributed by atoms with Gasteiger partial charge in [0.1, 0.15) is 0 Å². The summed E-state index contributed by atoms with van der Waals surface area (Å²) in [7, 11) is 0. The Morgan fingerprint density at radius 2 is 1.50 bits per heavy atom. The van der Waals surface area contributed by atoms with E-state index in [4.69, 9.17) is 0 Å². The molecule has 24 heavy (non-hydrogen) atoms. The first-order valence-electron chi connectivity index (χ1n) is 8.08. The van der Waals surface area contributed by atoms with Crippen molar-refractivity contribution in [3.63, 3.8) is 0 Å². The molecule has 2 aromatic carbocycles. The number of rotatable bonds is 6. The van der Waals surface area contributed by atoms with E-state index in [2.05, 4.69) is 10.6 Å². The molecular formula is C20H20N2O2. The van der Waals surface area contributed by atoms with Crippen molar-refractivity contribution in [2.24, 2.45) is 5.92 Å². The quantitative estimate of drug-likeness (QED) is 0.618. The van der Waals surface area contributed by atoms with Crippen LogP contribution in [0.1, 0.15) is 30.1 Å². The fourth-order valence-corrected chi connectivity index (χ4v) is 2.52. The van der Waals surface area contributed by atoms with E-state index in [9.17, 15) is 9.59 Å². The van der Waals surface area contributed by atoms with E-state index in [-0.39, 0.29) is 11.7 Å². The Morgan fingerprint density at radius 3 is 2.08 bits per heavy atom. The first-order chi connectivity index (χ1) is 11.6. The number of benzene rings is 2. The first kappa shape index (κ1) is 16.0. The highest BCUT2D eigenvalue weighted by atomic mass is 16.1. The van der Waals surface area contributed by atoms with Crippen LogP contribution in [0.2, 0.25) is 0 Å². The highest BCUT2D eigenvalue weighted by Gasteiger charge is 2.27. The number of carbonyl (C=O) groups is 2. The largest absolute Gasteiger partial charge is 0.357 e. The third-order valence-corrected chi connectivity index (χ3v) is 3.88. The fourth-order valence-electron chi connectivity index (χ4n) is 2.52. The zero-order valence-corrected chi connectivity index (χ0v) is 13.6. The van der Waals surface area contributed by atoms with Crippen LogP contribution in [0.5, 0.6) is 0 Å². The molecule has 122 valence electrons. The lowest BCUT2D eigenvalue weighted by Crippen LogP contribution is -2.11. The maximum atomic E-state index is 12.5. The lowest BCUT2D eigenvalue weighted by molar-refractivity contribution is -0.114. The van der Waals surface area contributed by atoms with E-state index in [0.29, 0.717) is 17.2 Å². The number of nitrogens with one attached hydrogen (secondary N) is 2. The van der Waals surface area contributed by atoms with Gasteiger partial charge in [-0.1, -0.05) is 42.5 Å². The summed E-state index contributed by atoms with van der Waals surface area (Å²) in [6, 6.07) is 16.7. The molecule has 0 atom stereocenters. The zero-order valence-electron chi connectivity index (χ0n) is 13.6. The third kappa shape index (κ3) is 4.10. The van der Waals surface area contributed by atoms with Gasteiger partial charge in [-0.3, -0.25) is 9.59 Å². The smallest absolute Gasteiger partial charge is 0.221 e. The fraction of sp³-hybridized carbons (Fsp3) is 0.200. The first-order valence-corrected chi connectivity index (χ1v) is 8.08. The van der Waals surface area contributed by atoms with Gasteiger partial charge in [-0.05, 0) is 30.9 Å². The summed E-state index contributed by atoms with van der Waals surface area (Å²) in [5.41, 5.74) is 3.09. The number of hydrogen-bond acceptors (Lipinski definition) is 3. The minimum atomic E-state index is -0.124. The molecule has 0 aromatic heterocycles. The van der Waals surface area contributed by atoms with Crippen molar-refractivity contribution in [3.05, 3.63) is 71.9 Å². The van der Waals surface area contributed by atoms with Crippen LogP contribution in [0.4, 0.5) is 11.4 Å². The second-order valence-corrected chi connectivity index (χ2v) is 5.96. The van der Waals surface area contributed by atoms with E-state index in [1.807, 2.05) is 54.6 Å². The SMILES string of the molecule is CC(=O)Nc1ccccc1N/C(=C\C(=O)c1ccccc1)C1CC1. The van der Waals surface area contributed by atoms with E-state index >= 15 is 0 Å². The van der Waals surface area contributed by atoms with Gasteiger partial charge in [0, 0.05) is 24.3 Å². The van der Waals surface area contributed by atoms with Crippen LogP contribution in [0.3, 0.4) is 0 Å². The molecule has 0 saturated heterocycles. The molecule has 1 saturated carbocycles. The summed E-state index contributed by atoms with van der Waals surface area (Å²) < 4.78 is 0. The Bertz CT molecular complexity index is 777. The normalized spacial score (nSPS) is 14.1. The number of anilines is 2. The van der Waals surface area contributed by atoms with Gasteiger partial charge in [-0.2, -0.15) is 0 Å². The van der Waals surface area contributed by atoms with E-state index in [1.165, 1.54) is 6.92 Å². The van der Waals surface area contributed by atoms with Crippen LogP contribution in [0.25, 0.3) is 0 Å². The van der Waals surface area contributed by atoms with E-state index in [0.717, 1.165) is 24.2 Å². The number of ketones is 1. The van der Waals surface area contributed by atoms with Crippen molar-refractivity contribution in [1.29, 1.82) is 0 Å². The van der Waals surface area contributed by atoms with Crippen molar-refractivity contribution < 1.29 is 9.59 Å². The summed E-state index contributed by atoms with van der Waals surface area (Å²) >= 11 is 0. The lowest BCUT2D eigenvalue weighted by Gasteiger charge is -2.14. The van der Waals surface area contributed by atoms with E-state index in [1.54, 1.807) is 6.08 Å². The summed E-state index contributed by atoms with van der Waals surface area (Å²) in [6.07, 6.45) is 3.82. The van der Waals surface area contributed by atoms with Crippen LogP contribution in [-0.2, 0) is 4.79 Å². The second kappa shape index (κ2) is 7.13. The van der Waals surface area contributed by atoms with Crippen LogP contribution in [-0.4, -0.2) is 11.7 Å². The van der Waals surface area contributed by atoms with Crippen molar-refractivity contribution >= 4 is 23.1 Å². The van der Waals surface area contributed by atoms with Gasteiger partial charge in [-0.25, -0.2) is 0 Å². The Hall–Kier alpha value is -2.88. The van der Waals surface area contributed by atoms with Crippen molar-refractivity contribution in [1.82, 2.24) is 0 Å². The average molecular weight is 320 g/mol. The van der Waals surface area contributed by atoms with Gasteiger partial charge < -0.3 is 10.6 Å². The molecule has 1 fully saturated rings. The number of carbonyl (C=O) groups excluding carboxylic acids is 2. The molecule has 0 heterocycles. The molecule has 0 aliphatic heterocycles. The van der Waals surface area contributed by atoms with Crippen LogP contribution < -0.4 is 10.6 Å². The standard InChI is InChI=1S/C20H20N2O2/c1-14(23)21-17-9-5-6-10-18(17)22-19(15-11-12-15)13-20(24)16-7-3-2-4-8-16/h2-10,13,15,22H,11-12H2,1H3,(H,21,23)/b19-13-.